The van der Waals surface area contributed by atoms with Crippen LogP contribution in [-0.2, 0) is 0 Å². The van der Waals surface area contributed by atoms with Gasteiger partial charge in [0, 0.05) is 16.6 Å². The van der Waals surface area contributed by atoms with E-state index < -0.39 is 0 Å². The number of amides is 1. The van der Waals surface area contributed by atoms with E-state index in [2.05, 4.69) is 51.7 Å². The molecule has 1 N–H and O–H groups in total. The molecule has 0 saturated carbocycles. The summed E-state index contributed by atoms with van der Waals surface area (Å²) in [4.78, 5) is 21.3. The molecule has 0 spiro atoms. The molecule has 4 rings (SSSR count). The molecule has 0 aliphatic heterocycles. The van der Waals surface area contributed by atoms with Crippen LogP contribution in [0.1, 0.15) is 21.7 Å². The zero-order valence-corrected chi connectivity index (χ0v) is 16.5. The van der Waals surface area contributed by atoms with E-state index in [1.165, 1.54) is 16.9 Å². The second-order valence-electron chi connectivity index (χ2n) is 6.61. The van der Waals surface area contributed by atoms with Crippen molar-refractivity contribution in [2.75, 3.05) is 5.32 Å². The molecule has 2 aromatic carbocycles. The first-order chi connectivity index (χ1) is 13.6. The van der Waals surface area contributed by atoms with Crippen LogP contribution in [0.15, 0.2) is 72.1 Å². The highest BCUT2D eigenvalue weighted by Gasteiger charge is 2.12. The van der Waals surface area contributed by atoms with Gasteiger partial charge in [0.2, 0.25) is 0 Å². The van der Waals surface area contributed by atoms with E-state index in [4.69, 9.17) is 0 Å². The highest BCUT2D eigenvalue weighted by molar-refractivity contribution is 7.14. The summed E-state index contributed by atoms with van der Waals surface area (Å²) < 4.78 is 0. The first-order valence-electron chi connectivity index (χ1n) is 8.96. The van der Waals surface area contributed by atoms with Gasteiger partial charge in [-0.1, -0.05) is 54.6 Å². The third-order valence-electron chi connectivity index (χ3n) is 4.34. The van der Waals surface area contributed by atoms with E-state index in [1.807, 2.05) is 43.5 Å². The van der Waals surface area contributed by atoms with Gasteiger partial charge in [-0.15, -0.1) is 11.3 Å². The first-order valence-corrected chi connectivity index (χ1v) is 9.84. The molecule has 1 amide bonds. The molecule has 0 fully saturated rings. The van der Waals surface area contributed by atoms with Gasteiger partial charge in [-0.3, -0.25) is 10.1 Å². The second-order valence-corrected chi connectivity index (χ2v) is 7.46. The Morgan fingerprint density at radius 3 is 2.25 bits per heavy atom. The highest BCUT2D eigenvalue weighted by Crippen LogP contribution is 2.27. The van der Waals surface area contributed by atoms with Crippen molar-refractivity contribution < 1.29 is 4.79 Å². The second kappa shape index (κ2) is 7.74. The van der Waals surface area contributed by atoms with Crippen molar-refractivity contribution in [3.8, 4) is 22.4 Å². The largest absolute Gasteiger partial charge is 0.296 e. The van der Waals surface area contributed by atoms with Crippen molar-refractivity contribution in [3.63, 3.8) is 0 Å². The average molecular weight is 385 g/mol. The zero-order chi connectivity index (χ0) is 19.5. The minimum absolute atomic E-state index is 0.243. The lowest BCUT2D eigenvalue weighted by Crippen LogP contribution is -2.14. The Morgan fingerprint density at radius 2 is 1.54 bits per heavy atom. The number of nitrogens with one attached hydrogen (secondary N) is 1. The normalized spacial score (nSPS) is 10.6. The lowest BCUT2D eigenvalue weighted by Gasteiger charge is -2.04. The molecule has 0 atom stereocenters. The van der Waals surface area contributed by atoms with Crippen LogP contribution in [0.3, 0.4) is 0 Å². The Hall–Kier alpha value is -3.31. The van der Waals surface area contributed by atoms with Gasteiger partial charge in [-0.2, -0.15) is 0 Å². The summed E-state index contributed by atoms with van der Waals surface area (Å²) >= 11 is 1.41. The van der Waals surface area contributed by atoms with Crippen LogP contribution in [0.5, 0.6) is 0 Å². The Labute approximate surface area is 167 Å². The smallest absolute Gasteiger partial charge is 0.276 e. The van der Waals surface area contributed by atoms with E-state index in [0.29, 0.717) is 10.8 Å². The lowest BCUT2D eigenvalue weighted by atomic mass is 10.0. The monoisotopic (exact) mass is 385 g/mol. The van der Waals surface area contributed by atoms with Crippen molar-refractivity contribution in [3.05, 3.63) is 89.1 Å². The lowest BCUT2D eigenvalue weighted by molar-refractivity contribution is 0.102. The van der Waals surface area contributed by atoms with Crippen LogP contribution in [0, 0.1) is 13.8 Å². The Balaban J connectivity index is 1.50. The molecule has 0 aliphatic carbocycles. The number of rotatable bonds is 4. The molecule has 0 radical (unpaired) electrons. The van der Waals surface area contributed by atoms with Crippen LogP contribution in [-0.4, -0.2) is 15.9 Å². The molecular weight excluding hydrogens is 366 g/mol. The summed E-state index contributed by atoms with van der Waals surface area (Å²) in [6.07, 6.45) is 0. The van der Waals surface area contributed by atoms with Crippen molar-refractivity contribution in [2.24, 2.45) is 0 Å². The minimum atomic E-state index is -0.243. The van der Waals surface area contributed by atoms with Gasteiger partial charge >= 0.3 is 0 Å². The number of carbonyl (C=O) groups excluding carboxylic acids is 1. The fraction of sp³-hybridized carbons (Fsp3) is 0.0870. The predicted molar refractivity (Wildman–Crippen MR) is 115 cm³/mol. The third kappa shape index (κ3) is 4.00. The van der Waals surface area contributed by atoms with Crippen molar-refractivity contribution in [1.82, 2.24) is 9.97 Å². The standard InChI is InChI=1S/C23H19N3OS/c1-15-12-16(2)24-20(13-15)22(27)26-23-25-21(14-28-23)19-10-8-18(9-11-19)17-6-4-3-5-7-17/h3-14H,1-2H3,(H,25,26,27). The van der Waals surface area contributed by atoms with E-state index in [-0.39, 0.29) is 5.91 Å². The van der Waals surface area contributed by atoms with Gasteiger partial charge in [0.05, 0.1) is 5.69 Å². The van der Waals surface area contributed by atoms with Gasteiger partial charge in [0.15, 0.2) is 5.13 Å². The Kier molecular flexibility index (Phi) is 5.00. The molecule has 5 heteroatoms. The summed E-state index contributed by atoms with van der Waals surface area (Å²) in [7, 11) is 0. The molecule has 2 aromatic heterocycles. The molecular formula is C23H19N3OS. The summed E-state index contributed by atoms with van der Waals surface area (Å²) in [5.41, 5.74) is 6.44. The maximum Gasteiger partial charge on any atom is 0.276 e. The van der Waals surface area contributed by atoms with Crippen LogP contribution in [0.25, 0.3) is 22.4 Å². The van der Waals surface area contributed by atoms with Gasteiger partial charge in [-0.05, 0) is 42.7 Å². The highest BCUT2D eigenvalue weighted by atomic mass is 32.1. The fourth-order valence-electron chi connectivity index (χ4n) is 3.05. The molecule has 0 bridgehead atoms. The van der Waals surface area contributed by atoms with Crippen LogP contribution >= 0.6 is 11.3 Å². The number of hydrogen-bond acceptors (Lipinski definition) is 4. The molecule has 2 heterocycles. The molecule has 28 heavy (non-hydrogen) atoms. The van der Waals surface area contributed by atoms with Gasteiger partial charge in [0.25, 0.3) is 5.91 Å². The third-order valence-corrected chi connectivity index (χ3v) is 5.10. The van der Waals surface area contributed by atoms with E-state index in [9.17, 15) is 4.79 Å². The topological polar surface area (TPSA) is 54.9 Å². The number of carbonyl (C=O) groups is 1. The minimum Gasteiger partial charge on any atom is -0.296 e. The number of hydrogen-bond donors (Lipinski definition) is 1. The molecule has 0 unspecified atom stereocenters. The maximum atomic E-state index is 12.5. The van der Waals surface area contributed by atoms with Crippen molar-refractivity contribution in [1.29, 1.82) is 0 Å². The summed E-state index contributed by atoms with van der Waals surface area (Å²) in [6, 6.07) is 22.2. The van der Waals surface area contributed by atoms with Gasteiger partial charge in [0.1, 0.15) is 5.69 Å². The predicted octanol–water partition coefficient (Wildman–Crippen LogP) is 5.74. The van der Waals surface area contributed by atoms with Gasteiger partial charge < -0.3 is 0 Å². The van der Waals surface area contributed by atoms with Gasteiger partial charge in [-0.25, -0.2) is 9.97 Å². The van der Waals surface area contributed by atoms with E-state index >= 15 is 0 Å². The van der Waals surface area contributed by atoms with E-state index in [0.717, 1.165) is 28.1 Å². The maximum absolute atomic E-state index is 12.5. The number of aromatic nitrogens is 2. The van der Waals surface area contributed by atoms with Crippen LogP contribution in [0.4, 0.5) is 5.13 Å². The van der Waals surface area contributed by atoms with E-state index in [1.54, 1.807) is 6.07 Å². The van der Waals surface area contributed by atoms with Crippen LogP contribution in [0.2, 0.25) is 0 Å². The number of nitrogens with zero attached hydrogens (tertiary/aromatic N) is 2. The molecule has 4 nitrogen and oxygen atoms in total. The SMILES string of the molecule is Cc1cc(C)nc(C(=O)Nc2nc(-c3ccc(-c4ccccc4)cc3)cs2)c1. The van der Waals surface area contributed by atoms with Crippen molar-refractivity contribution >= 4 is 22.4 Å². The number of pyridine rings is 1. The van der Waals surface area contributed by atoms with Crippen LogP contribution < -0.4 is 5.32 Å². The first kappa shape index (κ1) is 18.1. The average Bonchev–Trinajstić information content (AvgIpc) is 3.16. The quantitative estimate of drug-likeness (QED) is 0.487. The number of benzene rings is 2. The number of aryl methyl sites for hydroxylation is 2. The summed E-state index contributed by atoms with van der Waals surface area (Å²) in [5.74, 6) is -0.243. The zero-order valence-electron chi connectivity index (χ0n) is 15.6. The number of thiazole rings is 1. The molecule has 0 saturated heterocycles. The number of anilines is 1. The molecule has 4 aromatic rings. The summed E-state index contributed by atoms with van der Waals surface area (Å²) in [5, 5.41) is 5.36. The summed E-state index contributed by atoms with van der Waals surface area (Å²) in [6.45, 7) is 3.83. The Bertz CT molecular complexity index is 1100. The molecule has 0 aliphatic rings. The molecule has 138 valence electrons. The fourth-order valence-corrected chi connectivity index (χ4v) is 3.76. The van der Waals surface area contributed by atoms with Crippen molar-refractivity contribution in [2.45, 2.75) is 13.8 Å². The Morgan fingerprint density at radius 1 is 0.857 bits per heavy atom.